The molecule has 0 spiro atoms. The highest BCUT2D eigenvalue weighted by Gasteiger charge is 2.24. The van der Waals surface area contributed by atoms with Gasteiger partial charge in [-0.2, -0.15) is 0 Å². The van der Waals surface area contributed by atoms with Gasteiger partial charge in [-0.15, -0.1) is 0 Å². The molecule has 0 amide bonds. The molecule has 1 nitrogen and oxygen atoms in total. The molecule has 0 N–H and O–H groups in total. The second kappa shape index (κ2) is 9.46. The number of rotatable bonds is 8. The first-order valence-corrected chi connectivity index (χ1v) is 8.09. The molecule has 0 radical (unpaired) electrons. The predicted octanol–water partition coefficient (Wildman–Crippen LogP) is 4.04. The summed E-state index contributed by atoms with van der Waals surface area (Å²) in [7, 11) is -0.191. The van der Waals surface area contributed by atoms with E-state index in [1.807, 2.05) is 6.26 Å². The summed E-state index contributed by atoms with van der Waals surface area (Å²) in [6.07, 6.45) is 10.8. The highest BCUT2D eigenvalue weighted by molar-refractivity contribution is 8.24. The van der Waals surface area contributed by atoms with E-state index in [0.29, 0.717) is 5.25 Å². The molecule has 0 aromatic carbocycles. The fourth-order valence-corrected chi connectivity index (χ4v) is 3.44. The molecule has 0 rings (SSSR count). The minimum atomic E-state index is -0.191. The molecule has 0 heterocycles. The maximum atomic E-state index is 11.1. The minimum Gasteiger partial charge on any atom is -0.683 e. The lowest BCUT2D eigenvalue weighted by Crippen LogP contribution is -2.24. The van der Waals surface area contributed by atoms with Crippen molar-refractivity contribution in [2.75, 3.05) is 6.26 Å². The zero-order valence-corrected chi connectivity index (χ0v) is 11.9. The lowest BCUT2D eigenvalue weighted by Gasteiger charge is -2.15. The lowest BCUT2D eigenvalue weighted by atomic mass is 10.1. The van der Waals surface area contributed by atoms with Gasteiger partial charge in [0.2, 0.25) is 4.45 Å². The van der Waals surface area contributed by atoms with Gasteiger partial charge in [-0.1, -0.05) is 39.5 Å². The summed E-state index contributed by atoms with van der Waals surface area (Å²) in [6, 6.07) is 0. The van der Waals surface area contributed by atoms with Gasteiger partial charge in [0.25, 0.3) is 0 Å². The van der Waals surface area contributed by atoms with Crippen molar-refractivity contribution in [3.05, 3.63) is 0 Å². The summed E-state index contributed by atoms with van der Waals surface area (Å²) in [6.45, 7) is 4.40. The first kappa shape index (κ1) is 15.2. The number of hydrogen-bond acceptors (Lipinski definition) is 2. The van der Waals surface area contributed by atoms with Crippen molar-refractivity contribution in [3.63, 3.8) is 0 Å². The van der Waals surface area contributed by atoms with E-state index >= 15 is 0 Å². The Labute approximate surface area is 103 Å². The molecule has 2 unspecified atom stereocenters. The second-order valence-electron chi connectivity index (χ2n) is 4.04. The molecule has 0 saturated heterocycles. The molecular formula is C12H24OS2. The van der Waals surface area contributed by atoms with Gasteiger partial charge in [-0.05, 0) is 19.3 Å². The molecule has 0 saturated carbocycles. The third-order valence-corrected chi connectivity index (χ3v) is 5.73. The number of unbranched alkanes of at least 4 members (excludes halogenated alkanes) is 4. The molecule has 15 heavy (non-hydrogen) atoms. The van der Waals surface area contributed by atoms with Gasteiger partial charge in [0.1, 0.15) is 11.5 Å². The third kappa shape index (κ3) is 7.18. The number of hydrogen-bond donors (Lipinski definition) is 0. The molecule has 0 fully saturated rings. The van der Waals surface area contributed by atoms with Crippen LogP contribution in [0.4, 0.5) is 4.79 Å². The highest BCUT2D eigenvalue weighted by atomic mass is 32.2. The van der Waals surface area contributed by atoms with Crippen molar-refractivity contribution < 1.29 is 4.79 Å². The molecule has 2 atom stereocenters. The van der Waals surface area contributed by atoms with Gasteiger partial charge < -0.3 is 12.6 Å². The van der Waals surface area contributed by atoms with Crippen LogP contribution in [0.15, 0.2) is 0 Å². The third-order valence-electron chi connectivity index (χ3n) is 2.85. The Morgan fingerprint density at radius 3 is 2.27 bits per heavy atom. The van der Waals surface area contributed by atoms with E-state index in [1.165, 1.54) is 38.5 Å². The minimum absolute atomic E-state index is 0.0320. The quantitative estimate of drug-likeness (QED) is 0.366. The van der Waals surface area contributed by atoms with Crippen LogP contribution in [-0.2, 0) is 23.5 Å². The lowest BCUT2D eigenvalue weighted by molar-refractivity contribution is 0.276. The van der Waals surface area contributed by atoms with Crippen LogP contribution < -0.4 is 0 Å². The molecule has 0 aromatic rings. The SMILES string of the molecule is CCCCCCCC(CC)[S+](C)C(=O)[S-]. The Bertz CT molecular complexity index is 171. The predicted molar refractivity (Wildman–Crippen MR) is 73.5 cm³/mol. The monoisotopic (exact) mass is 248 g/mol. The smallest absolute Gasteiger partial charge is 0.219 e. The molecule has 0 aliphatic rings. The summed E-state index contributed by atoms with van der Waals surface area (Å²) in [5, 5.41) is 0.539. The van der Waals surface area contributed by atoms with Gasteiger partial charge in [-0.3, -0.25) is 4.79 Å². The van der Waals surface area contributed by atoms with Gasteiger partial charge in [0.05, 0.1) is 0 Å². The van der Waals surface area contributed by atoms with E-state index in [1.54, 1.807) is 0 Å². The van der Waals surface area contributed by atoms with Crippen molar-refractivity contribution in [2.45, 2.75) is 64.0 Å². The van der Waals surface area contributed by atoms with Crippen molar-refractivity contribution in [3.8, 4) is 0 Å². The van der Waals surface area contributed by atoms with Crippen LogP contribution in [0.25, 0.3) is 0 Å². The molecule has 0 aromatic heterocycles. The molecule has 0 aliphatic carbocycles. The first-order chi connectivity index (χ1) is 7.13. The largest absolute Gasteiger partial charge is 0.683 e. The molecule has 3 heteroatoms. The molecule has 90 valence electrons. The summed E-state index contributed by atoms with van der Waals surface area (Å²) < 4.78 is -0.0320. The maximum Gasteiger partial charge on any atom is 0.219 e. The van der Waals surface area contributed by atoms with Gasteiger partial charge in [-0.25, -0.2) is 0 Å². The van der Waals surface area contributed by atoms with Crippen LogP contribution >= 0.6 is 0 Å². The molecule has 0 bridgehead atoms. The highest BCUT2D eigenvalue weighted by Crippen LogP contribution is 2.17. The van der Waals surface area contributed by atoms with Crippen LogP contribution in [0, 0.1) is 0 Å². The van der Waals surface area contributed by atoms with Crippen LogP contribution in [0.1, 0.15) is 58.8 Å². The summed E-state index contributed by atoms with van der Waals surface area (Å²) >= 11 is 4.74. The maximum absolute atomic E-state index is 11.1. The van der Waals surface area contributed by atoms with E-state index in [2.05, 4.69) is 13.8 Å². The standard InChI is InChI=1S/C12H24OS2/c1-4-6-7-8-9-10-11(5-2)15(3)12(13)14/h11H,4-10H2,1-3H3. The average Bonchev–Trinajstić information content (AvgIpc) is 2.22. The Hall–Kier alpha value is 0.240. The Morgan fingerprint density at radius 1 is 1.20 bits per heavy atom. The molecule has 0 aliphatic heterocycles. The fourth-order valence-electron chi connectivity index (χ4n) is 1.74. The van der Waals surface area contributed by atoms with E-state index in [9.17, 15) is 4.79 Å². The van der Waals surface area contributed by atoms with Crippen LogP contribution in [0.2, 0.25) is 0 Å². The van der Waals surface area contributed by atoms with Crippen molar-refractivity contribution >= 4 is 28.0 Å². The summed E-state index contributed by atoms with van der Waals surface area (Å²) in [4.78, 5) is 11.1. The summed E-state index contributed by atoms with van der Waals surface area (Å²) in [5.41, 5.74) is 0. The molecular weight excluding hydrogens is 224 g/mol. The van der Waals surface area contributed by atoms with E-state index < -0.39 is 0 Å². The fraction of sp³-hybridized carbons (Fsp3) is 0.917. The Balaban J connectivity index is 3.66. The van der Waals surface area contributed by atoms with Gasteiger partial charge >= 0.3 is 0 Å². The summed E-state index contributed by atoms with van der Waals surface area (Å²) in [5.74, 6) is 0. The number of carbonyl (C=O) groups is 1. The van der Waals surface area contributed by atoms with Crippen LogP contribution in [0.5, 0.6) is 0 Å². The topological polar surface area (TPSA) is 17.1 Å². The van der Waals surface area contributed by atoms with Gasteiger partial charge in [0.15, 0.2) is 0 Å². The second-order valence-corrected chi connectivity index (χ2v) is 6.82. The van der Waals surface area contributed by atoms with E-state index in [-0.39, 0.29) is 15.3 Å². The zero-order valence-electron chi connectivity index (χ0n) is 10.3. The van der Waals surface area contributed by atoms with E-state index in [0.717, 1.165) is 6.42 Å². The van der Waals surface area contributed by atoms with E-state index in [4.69, 9.17) is 12.6 Å². The van der Waals surface area contributed by atoms with Gasteiger partial charge in [0, 0.05) is 10.9 Å². The average molecular weight is 248 g/mol. The Kier molecular flexibility index (Phi) is 9.62. The first-order valence-electron chi connectivity index (χ1n) is 5.99. The van der Waals surface area contributed by atoms with Crippen LogP contribution in [0.3, 0.4) is 0 Å². The van der Waals surface area contributed by atoms with Crippen molar-refractivity contribution in [1.29, 1.82) is 0 Å². The number of carbonyl (C=O) groups excluding carboxylic acids is 1. The van der Waals surface area contributed by atoms with Crippen LogP contribution in [-0.4, -0.2) is 16.0 Å². The zero-order chi connectivity index (χ0) is 11.7. The Morgan fingerprint density at radius 2 is 1.80 bits per heavy atom. The van der Waals surface area contributed by atoms with Crippen molar-refractivity contribution in [1.82, 2.24) is 0 Å². The normalized spacial score (nSPS) is 14.9. The van der Waals surface area contributed by atoms with Crippen molar-refractivity contribution in [2.24, 2.45) is 0 Å².